The van der Waals surface area contributed by atoms with E-state index in [9.17, 15) is 4.79 Å². The summed E-state index contributed by atoms with van der Waals surface area (Å²) < 4.78 is 0. The smallest absolute Gasteiger partial charge is 0.254 e. The first-order valence-electron chi connectivity index (χ1n) is 9.73. The Labute approximate surface area is 165 Å². The SMILES string of the molecule is CN(C(=O)c1ccc(C=N)c2ccccc12)C1CCN(Cc2ccccc2)C1. The number of carbonyl (C=O) groups excluding carboxylic acids is 1. The minimum Gasteiger partial charge on any atom is -0.337 e. The van der Waals surface area contributed by atoms with Crippen LogP contribution in [-0.2, 0) is 6.54 Å². The molecule has 142 valence electrons. The fraction of sp³-hybridized carbons (Fsp3) is 0.250. The van der Waals surface area contributed by atoms with Crippen LogP contribution in [0.15, 0.2) is 66.7 Å². The van der Waals surface area contributed by atoms with Crippen molar-refractivity contribution in [3.05, 3.63) is 83.4 Å². The van der Waals surface area contributed by atoms with Gasteiger partial charge < -0.3 is 10.3 Å². The van der Waals surface area contributed by atoms with Gasteiger partial charge in [-0.3, -0.25) is 9.69 Å². The Bertz CT molecular complexity index is 999. The second-order valence-electron chi connectivity index (χ2n) is 7.47. The largest absolute Gasteiger partial charge is 0.337 e. The molecule has 0 bridgehead atoms. The van der Waals surface area contributed by atoms with Crippen molar-refractivity contribution in [2.24, 2.45) is 0 Å². The van der Waals surface area contributed by atoms with E-state index >= 15 is 0 Å². The average Bonchev–Trinajstić information content (AvgIpc) is 3.21. The zero-order chi connectivity index (χ0) is 19.5. The predicted molar refractivity (Wildman–Crippen MR) is 114 cm³/mol. The molecule has 3 aromatic carbocycles. The van der Waals surface area contributed by atoms with Crippen LogP contribution in [-0.4, -0.2) is 48.1 Å². The molecule has 1 saturated heterocycles. The van der Waals surface area contributed by atoms with Crippen LogP contribution in [0.2, 0.25) is 0 Å². The van der Waals surface area contributed by atoms with Gasteiger partial charge >= 0.3 is 0 Å². The van der Waals surface area contributed by atoms with Gasteiger partial charge in [0.1, 0.15) is 0 Å². The minimum atomic E-state index is 0.0549. The molecule has 0 spiro atoms. The summed E-state index contributed by atoms with van der Waals surface area (Å²) in [4.78, 5) is 17.6. The third kappa shape index (κ3) is 3.56. The van der Waals surface area contributed by atoms with Crippen molar-refractivity contribution in [3.63, 3.8) is 0 Å². The number of rotatable bonds is 5. The van der Waals surface area contributed by atoms with Crippen LogP contribution < -0.4 is 0 Å². The number of nitrogens with zero attached hydrogens (tertiary/aromatic N) is 2. The number of carbonyl (C=O) groups is 1. The van der Waals surface area contributed by atoms with E-state index in [2.05, 4.69) is 29.2 Å². The molecule has 0 aliphatic carbocycles. The highest BCUT2D eigenvalue weighted by atomic mass is 16.2. The summed E-state index contributed by atoms with van der Waals surface area (Å²) in [6.45, 7) is 2.83. The summed E-state index contributed by atoms with van der Waals surface area (Å²) in [5, 5.41) is 9.48. The lowest BCUT2D eigenvalue weighted by Crippen LogP contribution is -2.39. The van der Waals surface area contributed by atoms with Gasteiger partial charge in [-0.25, -0.2) is 0 Å². The van der Waals surface area contributed by atoms with Crippen molar-refractivity contribution in [3.8, 4) is 0 Å². The highest BCUT2D eigenvalue weighted by molar-refractivity contribution is 6.11. The molecule has 28 heavy (non-hydrogen) atoms. The van der Waals surface area contributed by atoms with E-state index in [1.165, 1.54) is 11.8 Å². The Balaban J connectivity index is 1.51. The Hall–Kier alpha value is -2.98. The number of benzene rings is 3. The number of hydrogen-bond acceptors (Lipinski definition) is 3. The standard InChI is InChI=1S/C24H25N3O/c1-26(20-13-14-27(17-20)16-18-7-3-2-4-8-18)24(28)23-12-11-19(15-25)21-9-5-6-10-22(21)23/h2-12,15,20,25H,13-14,16-17H2,1H3. The molecule has 1 aliphatic heterocycles. The first-order valence-corrected chi connectivity index (χ1v) is 9.73. The number of nitrogens with one attached hydrogen (secondary N) is 1. The second kappa shape index (κ2) is 7.95. The molecule has 4 heteroatoms. The molecule has 1 N–H and O–H groups in total. The molecular weight excluding hydrogens is 346 g/mol. The first kappa shape index (κ1) is 18.4. The lowest BCUT2D eigenvalue weighted by Gasteiger charge is -2.26. The highest BCUT2D eigenvalue weighted by Gasteiger charge is 2.29. The van der Waals surface area contributed by atoms with Crippen molar-refractivity contribution in [2.75, 3.05) is 20.1 Å². The summed E-state index contributed by atoms with van der Waals surface area (Å²) in [7, 11) is 1.91. The quantitative estimate of drug-likeness (QED) is 0.684. The van der Waals surface area contributed by atoms with Crippen LogP contribution in [0.5, 0.6) is 0 Å². The van der Waals surface area contributed by atoms with Crippen molar-refractivity contribution < 1.29 is 4.79 Å². The molecule has 1 unspecified atom stereocenters. The maximum absolute atomic E-state index is 13.3. The highest BCUT2D eigenvalue weighted by Crippen LogP contribution is 2.25. The number of amides is 1. The molecule has 1 heterocycles. The summed E-state index contributed by atoms with van der Waals surface area (Å²) in [6.07, 6.45) is 2.34. The van der Waals surface area contributed by atoms with E-state index in [-0.39, 0.29) is 11.9 Å². The summed E-state index contributed by atoms with van der Waals surface area (Å²) in [5.41, 5.74) is 2.86. The normalized spacial score (nSPS) is 17.0. The molecule has 0 radical (unpaired) electrons. The van der Waals surface area contributed by atoms with Gasteiger partial charge in [0.05, 0.1) is 0 Å². The van der Waals surface area contributed by atoms with Gasteiger partial charge in [-0.2, -0.15) is 0 Å². The Morgan fingerprint density at radius 1 is 1.07 bits per heavy atom. The van der Waals surface area contributed by atoms with Crippen LogP contribution in [0, 0.1) is 5.41 Å². The fourth-order valence-electron chi connectivity index (χ4n) is 4.10. The molecule has 1 amide bonds. The van der Waals surface area contributed by atoms with Gasteiger partial charge in [0.15, 0.2) is 0 Å². The topological polar surface area (TPSA) is 47.4 Å². The molecule has 0 saturated carbocycles. The molecule has 1 atom stereocenters. The van der Waals surface area contributed by atoms with Crippen molar-refractivity contribution >= 4 is 22.9 Å². The molecule has 1 fully saturated rings. The van der Waals surface area contributed by atoms with E-state index < -0.39 is 0 Å². The Kier molecular flexibility index (Phi) is 5.22. The van der Waals surface area contributed by atoms with Gasteiger partial charge in [0.2, 0.25) is 0 Å². The summed E-state index contributed by atoms with van der Waals surface area (Å²) in [6, 6.07) is 22.3. The lowest BCUT2D eigenvalue weighted by molar-refractivity contribution is 0.0737. The molecule has 0 aromatic heterocycles. The monoisotopic (exact) mass is 371 g/mol. The fourth-order valence-corrected chi connectivity index (χ4v) is 4.10. The number of fused-ring (bicyclic) bond motifs is 1. The molecule has 1 aliphatic rings. The molecular formula is C24H25N3O. The van der Waals surface area contributed by atoms with Gasteiger partial charge in [-0.05, 0) is 34.4 Å². The second-order valence-corrected chi connectivity index (χ2v) is 7.47. The predicted octanol–water partition coefficient (Wildman–Crippen LogP) is 4.18. The van der Waals surface area contributed by atoms with E-state index in [1.54, 1.807) is 0 Å². The maximum atomic E-state index is 13.3. The third-order valence-electron chi connectivity index (χ3n) is 5.71. The van der Waals surface area contributed by atoms with Crippen LogP contribution >= 0.6 is 0 Å². The number of hydrogen-bond donors (Lipinski definition) is 1. The zero-order valence-electron chi connectivity index (χ0n) is 16.1. The van der Waals surface area contributed by atoms with E-state index in [0.29, 0.717) is 5.56 Å². The minimum absolute atomic E-state index is 0.0549. The molecule has 3 aromatic rings. The van der Waals surface area contributed by atoms with Crippen LogP contribution in [0.3, 0.4) is 0 Å². The number of likely N-dealkylation sites (N-methyl/N-ethyl adjacent to an activating group) is 1. The van der Waals surface area contributed by atoms with Crippen LogP contribution in [0.4, 0.5) is 0 Å². The molecule has 4 nitrogen and oxygen atoms in total. The van der Waals surface area contributed by atoms with E-state index in [1.807, 2.05) is 54.4 Å². The van der Waals surface area contributed by atoms with Crippen LogP contribution in [0.1, 0.15) is 27.9 Å². The van der Waals surface area contributed by atoms with Gasteiger partial charge in [0, 0.05) is 44.5 Å². The van der Waals surface area contributed by atoms with Gasteiger partial charge in [-0.1, -0.05) is 60.7 Å². The third-order valence-corrected chi connectivity index (χ3v) is 5.71. The lowest BCUT2D eigenvalue weighted by atomic mass is 9.99. The van der Waals surface area contributed by atoms with E-state index in [4.69, 9.17) is 5.41 Å². The summed E-state index contributed by atoms with van der Waals surface area (Å²) in [5.74, 6) is 0.0549. The Morgan fingerprint density at radius 2 is 1.79 bits per heavy atom. The maximum Gasteiger partial charge on any atom is 0.254 e. The zero-order valence-corrected chi connectivity index (χ0v) is 16.1. The van der Waals surface area contributed by atoms with E-state index in [0.717, 1.165) is 42.4 Å². The van der Waals surface area contributed by atoms with Crippen molar-refractivity contribution in [1.29, 1.82) is 5.41 Å². The summed E-state index contributed by atoms with van der Waals surface area (Å²) >= 11 is 0. The number of likely N-dealkylation sites (tertiary alicyclic amines) is 1. The van der Waals surface area contributed by atoms with Gasteiger partial charge in [-0.15, -0.1) is 0 Å². The average molecular weight is 371 g/mol. The van der Waals surface area contributed by atoms with Crippen LogP contribution in [0.25, 0.3) is 10.8 Å². The van der Waals surface area contributed by atoms with Gasteiger partial charge in [0.25, 0.3) is 5.91 Å². The Morgan fingerprint density at radius 3 is 2.54 bits per heavy atom. The van der Waals surface area contributed by atoms with Crippen molar-refractivity contribution in [2.45, 2.75) is 19.0 Å². The van der Waals surface area contributed by atoms with Crippen molar-refractivity contribution in [1.82, 2.24) is 9.80 Å². The first-order chi connectivity index (χ1) is 13.7. The molecule has 4 rings (SSSR count).